The summed E-state index contributed by atoms with van der Waals surface area (Å²) in [6.45, 7) is 4.57. The number of carbonyl (C=O) groups excluding carboxylic acids is 1. The molecule has 4 rings (SSSR count). The molecule has 0 fully saturated rings. The first-order valence-electron chi connectivity index (χ1n) is 10.6. The van der Waals surface area contributed by atoms with Crippen LogP contribution in [0.2, 0.25) is 5.02 Å². The maximum Gasteiger partial charge on any atom is 0.363 e. The molecule has 0 amide bonds. The van der Waals surface area contributed by atoms with E-state index in [1.807, 2.05) is 54.6 Å². The van der Waals surface area contributed by atoms with Crippen LogP contribution in [-0.4, -0.2) is 19.0 Å². The second-order valence-corrected chi connectivity index (χ2v) is 8.31. The summed E-state index contributed by atoms with van der Waals surface area (Å²) >= 11 is 6.20. The number of ether oxygens (including phenoxy) is 3. The fourth-order valence-electron chi connectivity index (χ4n) is 3.37. The van der Waals surface area contributed by atoms with E-state index in [1.165, 1.54) is 5.56 Å². The van der Waals surface area contributed by atoms with Gasteiger partial charge in [-0.15, -0.1) is 0 Å². The molecule has 0 saturated heterocycles. The minimum absolute atomic E-state index is 0.227. The van der Waals surface area contributed by atoms with Crippen molar-refractivity contribution in [1.29, 1.82) is 0 Å². The number of methoxy groups -OCH3 is 1. The first-order valence-corrected chi connectivity index (χ1v) is 11.0. The Hall–Kier alpha value is -3.57. The lowest BCUT2D eigenvalue weighted by atomic mass is 10.0. The number of aliphatic imine (C=N–C) groups is 1. The van der Waals surface area contributed by atoms with Gasteiger partial charge in [-0.3, -0.25) is 0 Å². The molecule has 0 aromatic heterocycles. The second-order valence-electron chi connectivity index (χ2n) is 7.90. The van der Waals surface area contributed by atoms with Gasteiger partial charge in [0, 0.05) is 16.1 Å². The van der Waals surface area contributed by atoms with Crippen LogP contribution in [0.5, 0.6) is 11.5 Å². The van der Waals surface area contributed by atoms with Crippen LogP contribution in [0.1, 0.15) is 42.0 Å². The maximum atomic E-state index is 12.4. The standard InChI is InChI=1S/C27H24ClNO4/c1-17(2)19-9-11-20(12-10-19)26-29-23(27(30)33-26)14-18-8-13-24(25(15-18)31-3)32-16-21-6-4-5-7-22(21)28/h4-15,17H,16H2,1-3H3/b23-14-. The van der Waals surface area contributed by atoms with E-state index in [1.54, 1.807) is 25.3 Å². The summed E-state index contributed by atoms with van der Waals surface area (Å²) in [5, 5.41) is 0.644. The summed E-state index contributed by atoms with van der Waals surface area (Å²) in [5.74, 6) is 1.34. The lowest BCUT2D eigenvalue weighted by Gasteiger charge is -2.12. The van der Waals surface area contributed by atoms with E-state index in [2.05, 4.69) is 18.8 Å². The molecule has 5 nitrogen and oxygen atoms in total. The average Bonchev–Trinajstić information content (AvgIpc) is 3.19. The molecule has 33 heavy (non-hydrogen) atoms. The summed E-state index contributed by atoms with van der Waals surface area (Å²) in [4.78, 5) is 16.8. The van der Waals surface area contributed by atoms with Crippen LogP contribution in [0.4, 0.5) is 0 Å². The van der Waals surface area contributed by atoms with Gasteiger partial charge in [-0.2, -0.15) is 0 Å². The third-order valence-corrected chi connectivity index (χ3v) is 5.65. The van der Waals surface area contributed by atoms with Crippen LogP contribution >= 0.6 is 11.6 Å². The minimum atomic E-state index is -0.490. The molecule has 0 aliphatic carbocycles. The highest BCUT2D eigenvalue weighted by Crippen LogP contribution is 2.31. The summed E-state index contributed by atoms with van der Waals surface area (Å²) < 4.78 is 16.8. The number of hydrogen-bond acceptors (Lipinski definition) is 5. The molecule has 1 aliphatic rings. The van der Waals surface area contributed by atoms with Crippen molar-refractivity contribution in [2.24, 2.45) is 4.99 Å². The van der Waals surface area contributed by atoms with Gasteiger partial charge in [-0.25, -0.2) is 9.79 Å². The van der Waals surface area contributed by atoms with E-state index in [0.29, 0.717) is 34.9 Å². The molecule has 0 radical (unpaired) electrons. The van der Waals surface area contributed by atoms with Gasteiger partial charge in [0.05, 0.1) is 7.11 Å². The fraction of sp³-hybridized carbons (Fsp3) is 0.185. The first-order chi connectivity index (χ1) is 15.9. The van der Waals surface area contributed by atoms with Crippen molar-refractivity contribution in [2.45, 2.75) is 26.4 Å². The highest BCUT2D eigenvalue weighted by atomic mass is 35.5. The van der Waals surface area contributed by atoms with Gasteiger partial charge in [0.1, 0.15) is 6.61 Å². The number of nitrogens with zero attached hydrogens (tertiary/aromatic N) is 1. The van der Waals surface area contributed by atoms with Crippen LogP contribution in [0.25, 0.3) is 6.08 Å². The minimum Gasteiger partial charge on any atom is -0.493 e. The largest absolute Gasteiger partial charge is 0.493 e. The van der Waals surface area contributed by atoms with Crippen LogP contribution in [0, 0.1) is 0 Å². The van der Waals surface area contributed by atoms with Crippen molar-refractivity contribution in [1.82, 2.24) is 0 Å². The van der Waals surface area contributed by atoms with E-state index in [0.717, 1.165) is 16.7 Å². The van der Waals surface area contributed by atoms with Crippen LogP contribution in [-0.2, 0) is 16.1 Å². The Kier molecular flexibility index (Phi) is 6.80. The third-order valence-electron chi connectivity index (χ3n) is 5.28. The lowest BCUT2D eigenvalue weighted by Crippen LogP contribution is -2.05. The average molecular weight is 462 g/mol. The van der Waals surface area contributed by atoms with Crippen molar-refractivity contribution in [3.63, 3.8) is 0 Å². The van der Waals surface area contributed by atoms with Gasteiger partial charge in [0.2, 0.25) is 5.90 Å². The molecule has 1 aliphatic heterocycles. The lowest BCUT2D eigenvalue weighted by molar-refractivity contribution is -0.129. The van der Waals surface area contributed by atoms with Gasteiger partial charge in [0.25, 0.3) is 0 Å². The molecule has 0 spiro atoms. The van der Waals surface area contributed by atoms with Gasteiger partial charge in [0.15, 0.2) is 17.2 Å². The van der Waals surface area contributed by atoms with E-state index in [-0.39, 0.29) is 5.70 Å². The summed E-state index contributed by atoms with van der Waals surface area (Å²) in [7, 11) is 1.57. The van der Waals surface area contributed by atoms with E-state index in [9.17, 15) is 4.79 Å². The number of benzene rings is 3. The zero-order chi connectivity index (χ0) is 23.4. The highest BCUT2D eigenvalue weighted by molar-refractivity contribution is 6.31. The second kappa shape index (κ2) is 9.92. The number of esters is 1. The Morgan fingerprint density at radius 3 is 2.48 bits per heavy atom. The number of halogens is 1. The summed E-state index contributed by atoms with van der Waals surface area (Å²) in [6, 6.07) is 20.8. The van der Waals surface area contributed by atoms with Crippen LogP contribution in [0.3, 0.4) is 0 Å². The van der Waals surface area contributed by atoms with Crippen molar-refractivity contribution in [3.8, 4) is 11.5 Å². The van der Waals surface area contributed by atoms with Crippen LogP contribution in [0.15, 0.2) is 77.4 Å². The molecule has 1 heterocycles. The van der Waals surface area contributed by atoms with Crippen LogP contribution < -0.4 is 9.47 Å². The van der Waals surface area contributed by atoms with Gasteiger partial charge >= 0.3 is 5.97 Å². The molecule has 168 valence electrons. The van der Waals surface area contributed by atoms with Crippen molar-refractivity contribution < 1.29 is 19.0 Å². The van der Waals surface area contributed by atoms with Crippen molar-refractivity contribution in [3.05, 3.63) is 99.7 Å². The molecular weight excluding hydrogens is 438 g/mol. The maximum absolute atomic E-state index is 12.4. The smallest absolute Gasteiger partial charge is 0.363 e. The molecule has 0 bridgehead atoms. The molecule has 0 atom stereocenters. The summed E-state index contributed by atoms with van der Waals surface area (Å²) in [6.07, 6.45) is 1.66. The number of rotatable bonds is 7. The van der Waals surface area contributed by atoms with E-state index in [4.69, 9.17) is 25.8 Å². The van der Waals surface area contributed by atoms with Crippen molar-refractivity contribution >= 4 is 29.5 Å². The first kappa shape index (κ1) is 22.6. The Labute approximate surface area is 198 Å². The number of hydrogen-bond donors (Lipinski definition) is 0. The van der Waals surface area contributed by atoms with Gasteiger partial charge in [-0.05, 0) is 53.5 Å². The van der Waals surface area contributed by atoms with Gasteiger partial charge < -0.3 is 14.2 Å². The summed E-state index contributed by atoms with van der Waals surface area (Å²) in [5.41, 5.74) is 3.82. The highest BCUT2D eigenvalue weighted by Gasteiger charge is 2.24. The predicted octanol–water partition coefficient (Wildman–Crippen LogP) is 6.40. The molecule has 0 N–H and O–H groups in total. The number of cyclic esters (lactones) is 1. The zero-order valence-corrected chi connectivity index (χ0v) is 19.4. The van der Waals surface area contributed by atoms with Crippen molar-refractivity contribution in [2.75, 3.05) is 7.11 Å². The molecular formula is C27H24ClNO4. The topological polar surface area (TPSA) is 57.1 Å². The Balaban J connectivity index is 1.53. The molecule has 3 aromatic carbocycles. The third kappa shape index (κ3) is 5.26. The molecule has 6 heteroatoms. The molecule has 0 saturated carbocycles. The normalized spacial score (nSPS) is 14.4. The predicted molar refractivity (Wildman–Crippen MR) is 130 cm³/mol. The monoisotopic (exact) mass is 461 g/mol. The Bertz CT molecular complexity index is 1230. The molecule has 0 unspecified atom stereocenters. The fourth-order valence-corrected chi connectivity index (χ4v) is 3.56. The zero-order valence-electron chi connectivity index (χ0n) is 18.7. The number of carbonyl (C=O) groups is 1. The Morgan fingerprint density at radius 2 is 1.79 bits per heavy atom. The van der Waals surface area contributed by atoms with E-state index >= 15 is 0 Å². The van der Waals surface area contributed by atoms with Gasteiger partial charge in [-0.1, -0.05) is 61.8 Å². The Morgan fingerprint density at radius 1 is 1.03 bits per heavy atom. The SMILES string of the molecule is COc1cc(/C=C2\N=C(c3ccc(C(C)C)cc3)OC2=O)ccc1OCc1ccccc1Cl. The molecule has 3 aromatic rings. The quantitative estimate of drug-likeness (QED) is 0.302. The van der Waals surface area contributed by atoms with E-state index < -0.39 is 5.97 Å².